The predicted octanol–water partition coefficient (Wildman–Crippen LogP) is 5.84. The fourth-order valence-corrected chi connectivity index (χ4v) is 12.7. The lowest BCUT2D eigenvalue weighted by atomic mass is 9.81. The van der Waals surface area contributed by atoms with Crippen molar-refractivity contribution >= 4 is 76.2 Å². The van der Waals surface area contributed by atoms with Gasteiger partial charge in [0.1, 0.15) is 29.5 Å². The van der Waals surface area contributed by atoms with E-state index in [2.05, 4.69) is 25.6 Å². The summed E-state index contributed by atoms with van der Waals surface area (Å²) in [5.41, 5.74) is 4.95. The number of nitrogens with zero attached hydrogens (tertiary/aromatic N) is 7. The van der Waals surface area contributed by atoms with E-state index < -0.39 is 111 Å². The fourth-order valence-electron chi connectivity index (χ4n) is 10.9. The molecule has 5 heterocycles. The van der Waals surface area contributed by atoms with Crippen LogP contribution in [0.2, 0.25) is 0 Å². The molecule has 0 aliphatic carbocycles. The molecule has 0 saturated heterocycles. The number of hydrogen-bond acceptors (Lipinski definition) is 13. The number of hydrogen-bond donors (Lipinski definition) is 5. The van der Waals surface area contributed by atoms with Crippen LogP contribution in [-0.4, -0.2) is 128 Å². The Morgan fingerprint density at radius 2 is 1.54 bits per heavy atom. The Labute approximate surface area is 469 Å². The van der Waals surface area contributed by atoms with Gasteiger partial charge in [0.05, 0.1) is 46.4 Å². The molecular weight excluding hydrogens is 1140 g/mol. The van der Waals surface area contributed by atoms with Gasteiger partial charge < -0.3 is 25.2 Å². The molecular formula is C53H58F4N9O13S3+. The van der Waals surface area contributed by atoms with Crippen LogP contribution in [0.4, 0.5) is 28.9 Å². The Bertz CT molecular complexity index is 3960. The van der Waals surface area contributed by atoms with Crippen LogP contribution >= 0.6 is 0 Å². The molecule has 29 heteroatoms. The van der Waals surface area contributed by atoms with Crippen LogP contribution in [-0.2, 0) is 52.9 Å². The summed E-state index contributed by atoms with van der Waals surface area (Å²) in [6, 6.07) is 7.26. The largest absolute Gasteiger partial charge is 0.455 e. The third-order valence-corrected chi connectivity index (χ3v) is 16.6. The normalized spacial score (nSPS) is 15.8. The van der Waals surface area contributed by atoms with E-state index in [1.54, 1.807) is 52.0 Å². The van der Waals surface area contributed by atoms with E-state index in [4.69, 9.17) is 10.3 Å². The number of unbranched alkanes of at least 4 members (excludes halogenated alkanes) is 2. The number of carbonyl (C=O) groups excluding carboxylic acids is 3. The highest BCUT2D eigenvalue weighted by molar-refractivity contribution is 7.86. The number of amides is 3. The Morgan fingerprint density at radius 1 is 0.854 bits per heavy atom. The van der Waals surface area contributed by atoms with Crippen LogP contribution in [0.3, 0.4) is 0 Å². The molecule has 22 nitrogen and oxygen atoms in total. The Kier molecular flexibility index (Phi) is 17.2. The monoisotopic (exact) mass is 1200 g/mol. The molecule has 5 N–H and O–H groups in total. The second-order valence-electron chi connectivity index (χ2n) is 21.4. The maximum atomic E-state index is 17.3. The van der Waals surface area contributed by atoms with Crippen LogP contribution in [0.1, 0.15) is 110 Å². The third kappa shape index (κ3) is 13.1. The average molecular weight is 1200 g/mol. The van der Waals surface area contributed by atoms with Crippen LogP contribution in [0.15, 0.2) is 53.8 Å². The number of anilines is 2. The quantitative estimate of drug-likeness (QED) is 0.00664. The molecule has 3 aromatic carbocycles. The lowest BCUT2D eigenvalue weighted by molar-refractivity contribution is -0.121. The number of carbonyl (C=O) groups is 3. The summed E-state index contributed by atoms with van der Waals surface area (Å²) in [4.78, 5) is 49.0. The number of halogens is 4. The van der Waals surface area contributed by atoms with Gasteiger partial charge in [-0.3, -0.25) is 33.0 Å². The van der Waals surface area contributed by atoms with Crippen molar-refractivity contribution in [3.63, 3.8) is 0 Å². The summed E-state index contributed by atoms with van der Waals surface area (Å²) in [7, 11) is -13.5. The molecule has 0 atom stereocenters. The lowest BCUT2D eigenvalue weighted by Gasteiger charge is -2.44. The predicted molar refractivity (Wildman–Crippen MR) is 294 cm³/mol. The van der Waals surface area contributed by atoms with Crippen LogP contribution in [0, 0.1) is 23.3 Å². The van der Waals surface area contributed by atoms with Gasteiger partial charge in [0, 0.05) is 110 Å². The van der Waals surface area contributed by atoms with Gasteiger partial charge in [0.15, 0.2) is 28.8 Å². The van der Waals surface area contributed by atoms with Gasteiger partial charge in [-0.25, -0.2) is 22.1 Å². The molecule has 0 unspecified atom stereocenters. The van der Waals surface area contributed by atoms with Gasteiger partial charge >= 0.3 is 0 Å². The van der Waals surface area contributed by atoms with E-state index >= 15 is 17.6 Å². The highest BCUT2D eigenvalue weighted by Gasteiger charge is 2.43. The number of azide groups is 1. The van der Waals surface area contributed by atoms with Gasteiger partial charge in [0.25, 0.3) is 36.3 Å². The minimum absolute atomic E-state index is 0.0104. The zero-order chi connectivity index (χ0) is 60.0. The topological polar surface area (TPSA) is 319 Å². The third-order valence-electron chi connectivity index (χ3n) is 14.5. The van der Waals surface area contributed by atoms with Crippen molar-refractivity contribution < 1.29 is 75.6 Å². The minimum atomic E-state index is -4.84. The first kappa shape index (κ1) is 60.8. The van der Waals surface area contributed by atoms with Gasteiger partial charge in [-0.1, -0.05) is 17.6 Å². The molecule has 0 fully saturated rings. The average Bonchev–Trinajstić information content (AvgIpc) is 0.853. The number of ether oxygens (including phenoxy) is 1. The van der Waals surface area contributed by atoms with Crippen molar-refractivity contribution in [3.8, 4) is 11.5 Å². The molecule has 82 heavy (non-hydrogen) atoms. The number of benzene rings is 3. The molecule has 438 valence electrons. The maximum Gasteiger partial charge on any atom is 0.269 e. The first-order valence-electron chi connectivity index (χ1n) is 25.7. The summed E-state index contributed by atoms with van der Waals surface area (Å²) in [5, 5.41) is 9.05. The van der Waals surface area contributed by atoms with Gasteiger partial charge in [-0.15, -0.1) is 0 Å². The molecule has 0 bridgehead atoms. The van der Waals surface area contributed by atoms with Crippen LogP contribution < -0.4 is 35.4 Å². The molecule has 4 aliphatic rings. The molecule has 8 rings (SSSR count). The fraction of sp³-hybridized carbons (Fsp3) is 0.415. The smallest absolute Gasteiger partial charge is 0.269 e. The zero-order valence-corrected chi connectivity index (χ0v) is 47.5. The van der Waals surface area contributed by atoms with Crippen molar-refractivity contribution in [3.05, 3.63) is 132 Å². The number of pyridine rings is 1. The van der Waals surface area contributed by atoms with E-state index in [0.29, 0.717) is 59.4 Å². The summed E-state index contributed by atoms with van der Waals surface area (Å²) in [6.45, 7) is 7.00. The Morgan fingerprint density at radius 3 is 2.18 bits per heavy atom. The van der Waals surface area contributed by atoms with Crippen molar-refractivity contribution in [2.45, 2.75) is 90.3 Å². The lowest BCUT2D eigenvalue weighted by Crippen LogP contribution is -2.53. The standard InChI is InChI=1S/C53H57F4N9O13S3/c1-52(2)23-29(27-81(73,74)75)34-20-36-39(22-38(34)65(52)16-8-6-7-11-40(67)59-15-14-41(68)62-32-13-12-31(60-25-32)26-61-63-58)79-50-33-10-9-17-66-49(33)35(30(24-53(66,3)4)28-82(76,77)78)21-37(50)42(36)43-44(46(55)48(57)47(56)45(43)54)51(69)64(5)18-19-80(70,71)72/h12-13,20-25H,6-11,14-19,26-28H2,1-5H3,(H4-,59,62,67,68,70,71,72,73,74,75,76,77,78)/p+1. The van der Waals surface area contributed by atoms with E-state index in [0.717, 1.165) is 7.05 Å². The van der Waals surface area contributed by atoms with Crippen molar-refractivity contribution in [2.24, 2.45) is 5.11 Å². The van der Waals surface area contributed by atoms with Gasteiger partial charge in [0.2, 0.25) is 17.2 Å². The van der Waals surface area contributed by atoms with Crippen molar-refractivity contribution in [2.75, 3.05) is 60.7 Å². The van der Waals surface area contributed by atoms with Crippen molar-refractivity contribution in [1.29, 1.82) is 0 Å². The summed E-state index contributed by atoms with van der Waals surface area (Å²) >= 11 is 0. The minimum Gasteiger partial charge on any atom is -0.455 e. The second kappa shape index (κ2) is 23.2. The molecule has 0 saturated carbocycles. The van der Waals surface area contributed by atoms with E-state index in [-0.39, 0.29) is 101 Å². The molecule has 0 radical (unpaired) electrons. The molecule has 4 aromatic rings. The summed E-state index contributed by atoms with van der Waals surface area (Å²) in [5.74, 6) is -14.6. The highest BCUT2D eigenvalue weighted by Crippen LogP contribution is 2.49. The van der Waals surface area contributed by atoms with E-state index in [1.807, 2.05) is 9.48 Å². The molecule has 3 amide bonds. The molecule has 4 aliphatic heterocycles. The number of rotatable bonds is 21. The van der Waals surface area contributed by atoms with Gasteiger partial charge in [-0.2, -0.15) is 25.3 Å². The zero-order valence-electron chi connectivity index (χ0n) is 45.0. The van der Waals surface area contributed by atoms with Gasteiger partial charge in [-0.05, 0) is 80.1 Å². The Hall–Kier alpha value is -7.27. The van der Waals surface area contributed by atoms with Crippen LogP contribution in [0.25, 0.3) is 27.2 Å². The SMILES string of the molecule is CN(CCS(=O)(=O)O)C(=O)c1c(F)c(F)c(F)c(F)c1C1=c2cc3c4c(c2Oc2cc5c(cc21)C(CS(=O)(=O)O)=CC(C)(C)N5CCCCCC(=O)NCCC(=O)Nc1ccc(CN=[N+]=[N-])nc1)CCC[N+]=4C(C)(C)C=C3CS(=O)(=O)O. The van der Waals surface area contributed by atoms with Crippen molar-refractivity contribution in [1.82, 2.24) is 19.8 Å². The number of nitrogens with one attached hydrogen (secondary N) is 2. The number of fused-ring (bicyclic) bond motifs is 4. The first-order chi connectivity index (χ1) is 38.3. The maximum absolute atomic E-state index is 17.3. The molecule has 1 aromatic heterocycles. The van der Waals surface area contributed by atoms with E-state index in [1.165, 1.54) is 24.4 Å². The Balaban J connectivity index is 1.21. The summed E-state index contributed by atoms with van der Waals surface area (Å²) in [6.07, 6.45) is 6.53. The molecule has 0 spiro atoms. The van der Waals surface area contributed by atoms with Crippen LogP contribution in [0.5, 0.6) is 11.5 Å². The summed E-state index contributed by atoms with van der Waals surface area (Å²) < 4.78 is 179. The highest BCUT2D eigenvalue weighted by atomic mass is 32.2. The number of aromatic nitrogens is 1. The second-order valence-corrected chi connectivity index (χ2v) is 25.9. The van der Waals surface area contributed by atoms with E-state index in [9.17, 15) is 53.3 Å². The first-order valence-corrected chi connectivity index (χ1v) is 30.5.